The van der Waals surface area contributed by atoms with Gasteiger partial charge in [0, 0.05) is 22.3 Å². The van der Waals surface area contributed by atoms with Crippen LogP contribution in [0, 0.1) is 0 Å². The number of fused-ring (bicyclic) bond motifs is 1. The first-order chi connectivity index (χ1) is 25.9. The summed E-state index contributed by atoms with van der Waals surface area (Å²) < 4.78 is 10.7. The van der Waals surface area contributed by atoms with Gasteiger partial charge in [-0.05, 0) is 23.3 Å². The van der Waals surface area contributed by atoms with Gasteiger partial charge < -0.3 is 46.4 Å². The summed E-state index contributed by atoms with van der Waals surface area (Å²) in [5.74, 6) is -5.23. The molecule has 0 radical (unpaired) electrons. The maximum atomic E-state index is 14.0. The number of primary amides is 1. The van der Waals surface area contributed by atoms with Crippen LogP contribution in [-0.2, 0) is 33.5 Å². The Morgan fingerprint density at radius 1 is 0.981 bits per heavy atom. The molecule has 0 spiro atoms. The molecule has 1 aromatic heterocycles. The average molecular weight is 775 g/mol. The maximum Gasteiger partial charge on any atom is 0.404 e. The number of nitrogens with zero attached hydrogens (tertiary/aromatic N) is 3. The van der Waals surface area contributed by atoms with Crippen molar-refractivity contribution in [2.75, 3.05) is 18.1 Å². The van der Waals surface area contributed by atoms with Crippen LogP contribution in [0.2, 0.25) is 0 Å². The number of benzene rings is 3. The minimum absolute atomic E-state index is 0.0102. The zero-order valence-electron chi connectivity index (χ0n) is 27.7. The second-order valence-electron chi connectivity index (χ2n) is 11.6. The molecule has 54 heavy (non-hydrogen) atoms. The number of hydrogen-bond acceptors (Lipinski definition) is 15. The molecule has 2 aliphatic rings. The number of oxime groups is 1. The lowest BCUT2D eigenvalue weighted by atomic mass is 10.0. The van der Waals surface area contributed by atoms with Crippen LogP contribution in [0.4, 0.5) is 9.93 Å². The number of rotatable bonds is 13. The number of nitrogen functional groups attached to an aromatic ring is 1. The fraction of sp³-hybridized carbons (Fsp3) is 0.171. The summed E-state index contributed by atoms with van der Waals surface area (Å²) in [6.07, 6.45) is -3.78. The molecule has 0 aliphatic carbocycles. The Morgan fingerprint density at radius 2 is 1.65 bits per heavy atom. The Kier molecular flexibility index (Phi) is 11.0. The van der Waals surface area contributed by atoms with Gasteiger partial charge >= 0.3 is 18.0 Å². The minimum Gasteiger partial charge on any atom is -0.504 e. The van der Waals surface area contributed by atoms with Gasteiger partial charge in [0.05, 0.1) is 0 Å². The van der Waals surface area contributed by atoms with Crippen molar-refractivity contribution < 1.29 is 53.6 Å². The number of phenols is 2. The van der Waals surface area contributed by atoms with Crippen LogP contribution in [0.5, 0.6) is 11.5 Å². The highest BCUT2D eigenvalue weighted by atomic mass is 32.2. The number of aromatic nitrogens is 1. The topological polar surface area (TPSA) is 266 Å². The molecule has 3 aromatic carbocycles. The van der Waals surface area contributed by atoms with Crippen molar-refractivity contribution in [3.8, 4) is 11.5 Å². The summed E-state index contributed by atoms with van der Waals surface area (Å²) in [6.45, 7) is -0.448. The van der Waals surface area contributed by atoms with Crippen LogP contribution in [0.15, 0.2) is 101 Å². The number of carboxylic acid groups (broad SMARTS) is 1. The summed E-state index contributed by atoms with van der Waals surface area (Å²) in [6, 6.07) is 20.0. The number of thiazole rings is 1. The normalized spacial score (nSPS) is 17.2. The molecule has 3 atom stereocenters. The molecule has 278 valence electrons. The molecule has 19 heteroatoms. The van der Waals surface area contributed by atoms with E-state index in [1.165, 1.54) is 11.4 Å². The van der Waals surface area contributed by atoms with Crippen molar-refractivity contribution >= 4 is 63.8 Å². The van der Waals surface area contributed by atoms with Crippen molar-refractivity contribution in [1.82, 2.24) is 15.2 Å². The van der Waals surface area contributed by atoms with E-state index in [1.54, 1.807) is 60.7 Å². The monoisotopic (exact) mass is 774 g/mol. The van der Waals surface area contributed by atoms with Crippen molar-refractivity contribution in [1.29, 1.82) is 0 Å². The molecule has 17 nitrogen and oxygen atoms in total. The Hall–Kier alpha value is -6.60. The third-order valence-corrected chi connectivity index (χ3v) is 10.1. The van der Waals surface area contributed by atoms with E-state index in [2.05, 4.69) is 15.5 Å². The number of nitrogens with two attached hydrogens (primary N) is 2. The number of esters is 1. The second-order valence-corrected chi connectivity index (χ2v) is 13.6. The van der Waals surface area contributed by atoms with Gasteiger partial charge in [-0.15, -0.1) is 23.1 Å². The average Bonchev–Trinajstić information content (AvgIpc) is 3.60. The van der Waals surface area contributed by atoms with Gasteiger partial charge in [0.15, 0.2) is 28.4 Å². The second kappa shape index (κ2) is 16.0. The molecule has 4 aromatic rings. The lowest BCUT2D eigenvalue weighted by molar-refractivity contribution is -0.162. The van der Waals surface area contributed by atoms with E-state index in [9.17, 15) is 39.3 Å². The van der Waals surface area contributed by atoms with Crippen molar-refractivity contribution in [2.45, 2.75) is 23.6 Å². The van der Waals surface area contributed by atoms with Crippen LogP contribution < -0.4 is 16.8 Å². The minimum atomic E-state index is -1.73. The van der Waals surface area contributed by atoms with E-state index in [0.717, 1.165) is 40.1 Å². The summed E-state index contributed by atoms with van der Waals surface area (Å²) >= 11 is 2.07. The van der Waals surface area contributed by atoms with Gasteiger partial charge in [0.1, 0.15) is 29.4 Å². The SMILES string of the molecule is NC(=O)OCC1=C(C(=O)O)N2C(=O)[C@@H](NC(=O)/C(=N\O[C@H](C(=O)OC(c3ccccc3)c3ccccc3)c3ccc(O)c(O)c3)c3csc(N)n3)[C@H]2SC1. The summed E-state index contributed by atoms with van der Waals surface area (Å²) in [4.78, 5) is 75.2. The Morgan fingerprint density at radius 3 is 2.22 bits per heavy atom. The third kappa shape index (κ3) is 7.91. The van der Waals surface area contributed by atoms with E-state index < -0.39 is 83.0 Å². The number of nitrogens with one attached hydrogen (secondary N) is 1. The molecule has 0 bridgehead atoms. The van der Waals surface area contributed by atoms with E-state index >= 15 is 0 Å². The molecule has 2 aliphatic heterocycles. The molecule has 3 heterocycles. The lowest BCUT2D eigenvalue weighted by Crippen LogP contribution is -2.71. The number of anilines is 1. The standard InChI is InChI=1S/C35H30N6O11S2/c36-34-38-21(16-54-34)24(29(44)39-25-30(45)41-26(32(46)47)20(14-50-35(37)49)15-53-31(25)41)40-52-28(19-11-12-22(42)23(43)13-19)33(48)51-27(17-7-3-1-4-8-17)18-9-5-2-6-10-18/h1-13,16,25,27-28,31,42-43H,14-15H2,(H2,36,38)(H2,37,49)(H,39,44)(H,46,47)/b40-24-/t25-,28+,31-/m1/s1. The highest BCUT2D eigenvalue weighted by Gasteiger charge is 2.54. The van der Waals surface area contributed by atoms with Gasteiger partial charge in [-0.2, -0.15) is 0 Å². The molecule has 3 amide bonds. The smallest absolute Gasteiger partial charge is 0.404 e. The van der Waals surface area contributed by atoms with Gasteiger partial charge in [-0.25, -0.2) is 19.4 Å². The van der Waals surface area contributed by atoms with E-state index in [1.807, 2.05) is 0 Å². The third-order valence-electron chi connectivity index (χ3n) is 8.11. The highest BCUT2D eigenvalue weighted by molar-refractivity contribution is 8.00. The van der Waals surface area contributed by atoms with Crippen molar-refractivity contribution in [2.24, 2.45) is 10.9 Å². The van der Waals surface area contributed by atoms with Crippen LogP contribution in [-0.4, -0.2) is 84.5 Å². The number of carbonyl (C=O) groups is 5. The quantitative estimate of drug-likeness (QED) is 0.0375. The predicted molar refractivity (Wildman–Crippen MR) is 193 cm³/mol. The first-order valence-electron chi connectivity index (χ1n) is 15.8. The molecule has 1 fully saturated rings. The lowest BCUT2D eigenvalue weighted by Gasteiger charge is -2.49. The van der Waals surface area contributed by atoms with Crippen LogP contribution in [0.25, 0.3) is 0 Å². The molecular formula is C35H30N6O11S2. The molecule has 6 rings (SSSR count). The highest BCUT2D eigenvalue weighted by Crippen LogP contribution is 2.40. The van der Waals surface area contributed by atoms with Gasteiger partial charge in [-0.3, -0.25) is 14.5 Å². The molecule has 0 unspecified atom stereocenters. The fourth-order valence-electron chi connectivity index (χ4n) is 5.57. The Bertz CT molecular complexity index is 2120. The number of aliphatic carboxylic acids is 1. The van der Waals surface area contributed by atoms with E-state index in [-0.39, 0.29) is 27.7 Å². The van der Waals surface area contributed by atoms with E-state index in [0.29, 0.717) is 11.1 Å². The Labute approximate surface area is 313 Å². The van der Waals surface area contributed by atoms with Gasteiger partial charge in [0.2, 0.25) is 6.10 Å². The number of aromatic hydroxyl groups is 2. The van der Waals surface area contributed by atoms with Gasteiger partial charge in [0.25, 0.3) is 11.8 Å². The largest absolute Gasteiger partial charge is 0.504 e. The first-order valence-corrected chi connectivity index (χ1v) is 17.8. The molecule has 0 saturated carbocycles. The molecular weight excluding hydrogens is 745 g/mol. The number of carbonyl (C=O) groups excluding carboxylic acids is 4. The van der Waals surface area contributed by atoms with Crippen LogP contribution in [0.3, 0.4) is 0 Å². The maximum absolute atomic E-state index is 14.0. The fourth-order valence-corrected chi connectivity index (χ4v) is 7.45. The molecule has 8 N–H and O–H groups in total. The summed E-state index contributed by atoms with van der Waals surface area (Å²) in [5, 5.41) is 37.3. The van der Waals surface area contributed by atoms with Crippen molar-refractivity contribution in [3.63, 3.8) is 0 Å². The first kappa shape index (κ1) is 37.2. The summed E-state index contributed by atoms with van der Waals surface area (Å²) in [7, 11) is 0. The number of ether oxygens (including phenoxy) is 2. The van der Waals surface area contributed by atoms with Gasteiger partial charge in [-0.1, -0.05) is 71.9 Å². The summed E-state index contributed by atoms with van der Waals surface area (Å²) in [5.41, 5.74) is 11.2. The number of phenolic OH excluding ortho intramolecular Hbond substituents is 2. The van der Waals surface area contributed by atoms with Crippen molar-refractivity contribution in [3.05, 3.63) is 118 Å². The Balaban J connectivity index is 1.30. The molecule has 1 saturated heterocycles. The van der Waals surface area contributed by atoms with E-state index in [4.69, 9.17) is 25.8 Å². The number of β-lactam (4-membered cyclic amide) rings is 1. The van der Waals surface area contributed by atoms with Crippen LogP contribution in [0.1, 0.15) is 34.6 Å². The number of hydrogen-bond donors (Lipinski definition) is 6. The predicted octanol–water partition coefficient (Wildman–Crippen LogP) is 2.77. The zero-order valence-corrected chi connectivity index (χ0v) is 29.4. The number of amides is 3. The number of carboxylic acids is 1. The zero-order chi connectivity index (χ0) is 38.5. The number of thioether (sulfide) groups is 1. The van der Waals surface area contributed by atoms with Crippen LogP contribution >= 0.6 is 23.1 Å².